The van der Waals surface area contributed by atoms with E-state index >= 15 is 0 Å². The summed E-state index contributed by atoms with van der Waals surface area (Å²) in [5.74, 6) is 0. The van der Waals surface area contributed by atoms with Gasteiger partial charge in [0.2, 0.25) is 0 Å². The van der Waals surface area contributed by atoms with Crippen molar-refractivity contribution in [1.82, 2.24) is 4.90 Å². The third-order valence-corrected chi connectivity index (χ3v) is 2.25. The Hall–Kier alpha value is -1.19. The Labute approximate surface area is 91.8 Å². The molecule has 1 rings (SSSR count). The lowest BCUT2D eigenvalue weighted by Gasteiger charge is -2.36. The molecule has 0 aliphatic carbocycles. The number of hydrogen-bond donors (Lipinski definition) is 0. The molecule has 1 aliphatic rings. The predicted octanol–water partition coefficient (Wildman–Crippen LogP) is 2.26. The molecule has 4 nitrogen and oxygen atoms in total. The highest BCUT2D eigenvalue weighted by molar-refractivity contribution is 5.60. The van der Waals surface area contributed by atoms with Crippen molar-refractivity contribution >= 4 is 6.16 Å². The molecule has 0 spiro atoms. The quantitative estimate of drug-likeness (QED) is 0.662. The minimum Gasteiger partial charge on any atom is -0.433 e. The summed E-state index contributed by atoms with van der Waals surface area (Å²) in [4.78, 5) is 12.6. The average Bonchev–Trinajstić information content (AvgIpc) is 2.24. The topological polar surface area (TPSA) is 38.8 Å². The predicted molar refractivity (Wildman–Crippen MR) is 59.6 cm³/mol. The van der Waals surface area contributed by atoms with Crippen molar-refractivity contribution in [2.24, 2.45) is 5.41 Å². The largest absolute Gasteiger partial charge is 0.508 e. The molecule has 0 amide bonds. The second kappa shape index (κ2) is 5.63. The number of rotatable bonds is 2. The van der Waals surface area contributed by atoms with E-state index in [4.69, 9.17) is 9.47 Å². The van der Waals surface area contributed by atoms with Gasteiger partial charge in [-0.1, -0.05) is 20.4 Å². The van der Waals surface area contributed by atoms with E-state index in [0.717, 1.165) is 5.70 Å². The summed E-state index contributed by atoms with van der Waals surface area (Å²) in [5.41, 5.74) is 0.609. The zero-order valence-corrected chi connectivity index (χ0v) is 10.3. The molecule has 0 N–H and O–H groups in total. The first kappa shape index (κ1) is 13.8. The summed E-state index contributed by atoms with van der Waals surface area (Å²) in [6, 6.07) is 0. The minimum atomic E-state index is -0.593. The van der Waals surface area contributed by atoms with Crippen molar-refractivity contribution in [3.63, 3.8) is 0 Å². The van der Waals surface area contributed by atoms with Crippen LogP contribution in [0.4, 0.5) is 4.79 Å². The SMILES string of the molecule is C=C(N(C)C)C1(C)COC(=O)OC1.CC. The Morgan fingerprint density at radius 3 is 2.07 bits per heavy atom. The Bertz CT molecular complexity index is 226. The molecular formula is C11H21NO3. The van der Waals surface area contributed by atoms with E-state index in [1.165, 1.54) is 0 Å². The number of carbonyl (C=O) groups is 1. The zero-order chi connectivity index (χ0) is 12.1. The molecule has 1 aliphatic heterocycles. The molecule has 0 atom stereocenters. The van der Waals surface area contributed by atoms with Crippen molar-refractivity contribution < 1.29 is 14.3 Å². The van der Waals surface area contributed by atoms with Gasteiger partial charge < -0.3 is 14.4 Å². The molecule has 1 fully saturated rings. The van der Waals surface area contributed by atoms with Crippen LogP contribution in [0.15, 0.2) is 12.3 Å². The second-order valence-corrected chi connectivity index (χ2v) is 3.73. The van der Waals surface area contributed by atoms with Crippen LogP contribution in [0.1, 0.15) is 20.8 Å². The lowest BCUT2D eigenvalue weighted by Crippen LogP contribution is -2.41. The summed E-state index contributed by atoms with van der Waals surface area (Å²) < 4.78 is 9.63. The van der Waals surface area contributed by atoms with E-state index in [1.54, 1.807) is 0 Å². The molecule has 0 saturated carbocycles. The highest BCUT2D eigenvalue weighted by atomic mass is 16.7. The number of ether oxygens (including phenoxy) is 2. The molecule has 15 heavy (non-hydrogen) atoms. The standard InChI is InChI=1S/C9H15NO3.C2H6/c1-7(10(3)4)9(2)5-12-8(11)13-6-9;1-2/h1,5-6H2,2-4H3;1-2H3. The third-order valence-electron chi connectivity index (χ3n) is 2.25. The Morgan fingerprint density at radius 1 is 1.33 bits per heavy atom. The molecule has 0 aromatic rings. The van der Waals surface area contributed by atoms with Crippen LogP contribution in [-0.2, 0) is 9.47 Å². The summed E-state index contributed by atoms with van der Waals surface area (Å²) in [6.45, 7) is 10.6. The highest BCUT2D eigenvalue weighted by Crippen LogP contribution is 2.30. The van der Waals surface area contributed by atoms with E-state index in [0.29, 0.717) is 13.2 Å². The van der Waals surface area contributed by atoms with Crippen LogP contribution in [0.5, 0.6) is 0 Å². The van der Waals surface area contributed by atoms with Gasteiger partial charge >= 0.3 is 6.16 Å². The molecule has 0 radical (unpaired) electrons. The van der Waals surface area contributed by atoms with Gasteiger partial charge in [0.15, 0.2) is 0 Å². The number of hydrogen-bond acceptors (Lipinski definition) is 4. The maximum atomic E-state index is 10.7. The Balaban J connectivity index is 0.000000921. The van der Waals surface area contributed by atoms with E-state index < -0.39 is 6.16 Å². The molecule has 0 bridgehead atoms. The van der Waals surface area contributed by atoms with Gasteiger partial charge in [-0.25, -0.2) is 4.79 Å². The van der Waals surface area contributed by atoms with Crippen LogP contribution < -0.4 is 0 Å². The first-order valence-corrected chi connectivity index (χ1v) is 5.12. The first-order chi connectivity index (χ1) is 6.96. The van der Waals surface area contributed by atoms with Crippen molar-refractivity contribution in [2.45, 2.75) is 20.8 Å². The maximum absolute atomic E-state index is 10.7. The van der Waals surface area contributed by atoms with Crippen molar-refractivity contribution in [2.75, 3.05) is 27.3 Å². The number of nitrogens with zero attached hydrogens (tertiary/aromatic N) is 1. The van der Waals surface area contributed by atoms with Gasteiger partial charge in [-0.15, -0.1) is 0 Å². The Kier molecular flexibility index (Phi) is 5.19. The molecule has 1 saturated heterocycles. The fourth-order valence-electron chi connectivity index (χ4n) is 1.23. The van der Waals surface area contributed by atoms with Gasteiger partial charge in [-0.2, -0.15) is 0 Å². The lowest BCUT2D eigenvalue weighted by atomic mass is 9.88. The minimum absolute atomic E-state index is 0.294. The van der Waals surface area contributed by atoms with E-state index in [2.05, 4.69) is 6.58 Å². The highest BCUT2D eigenvalue weighted by Gasteiger charge is 2.36. The van der Waals surface area contributed by atoms with Crippen LogP contribution in [0, 0.1) is 5.41 Å². The van der Waals surface area contributed by atoms with Gasteiger partial charge in [-0.3, -0.25) is 0 Å². The zero-order valence-electron chi connectivity index (χ0n) is 10.3. The fraction of sp³-hybridized carbons (Fsp3) is 0.727. The second-order valence-electron chi connectivity index (χ2n) is 3.73. The molecule has 1 heterocycles. The summed E-state index contributed by atoms with van der Waals surface area (Å²) >= 11 is 0. The van der Waals surface area contributed by atoms with Crippen molar-refractivity contribution in [3.05, 3.63) is 12.3 Å². The molecule has 0 aromatic heterocycles. The lowest BCUT2D eigenvalue weighted by molar-refractivity contribution is -0.0441. The van der Waals surface area contributed by atoms with E-state index in [-0.39, 0.29) is 5.41 Å². The summed E-state index contributed by atoms with van der Waals surface area (Å²) in [6.07, 6.45) is -0.593. The van der Waals surface area contributed by atoms with Crippen LogP contribution >= 0.6 is 0 Å². The Morgan fingerprint density at radius 2 is 1.73 bits per heavy atom. The molecule has 0 unspecified atom stereocenters. The van der Waals surface area contributed by atoms with Gasteiger partial charge in [0, 0.05) is 19.8 Å². The normalized spacial score (nSPS) is 17.8. The first-order valence-electron chi connectivity index (χ1n) is 5.12. The van der Waals surface area contributed by atoms with Crippen molar-refractivity contribution in [3.8, 4) is 0 Å². The number of cyclic esters (lactones) is 2. The van der Waals surface area contributed by atoms with Gasteiger partial charge in [0.05, 0.1) is 5.41 Å². The van der Waals surface area contributed by atoms with E-state index in [9.17, 15) is 4.79 Å². The van der Waals surface area contributed by atoms with Crippen molar-refractivity contribution in [1.29, 1.82) is 0 Å². The van der Waals surface area contributed by atoms with Crippen LogP contribution in [0.3, 0.4) is 0 Å². The van der Waals surface area contributed by atoms with Crippen LogP contribution in [-0.4, -0.2) is 38.4 Å². The third kappa shape index (κ3) is 3.46. The fourth-order valence-corrected chi connectivity index (χ4v) is 1.23. The maximum Gasteiger partial charge on any atom is 0.508 e. The van der Waals surface area contributed by atoms with Gasteiger partial charge in [-0.05, 0) is 6.92 Å². The van der Waals surface area contributed by atoms with Crippen LogP contribution in [0.25, 0.3) is 0 Å². The molecule has 0 aromatic carbocycles. The number of carbonyl (C=O) groups excluding carboxylic acids is 1. The molecule has 4 heteroatoms. The van der Waals surface area contributed by atoms with Crippen LogP contribution in [0.2, 0.25) is 0 Å². The molecular weight excluding hydrogens is 194 g/mol. The smallest absolute Gasteiger partial charge is 0.433 e. The summed E-state index contributed by atoms with van der Waals surface area (Å²) in [5, 5.41) is 0. The summed E-state index contributed by atoms with van der Waals surface area (Å²) in [7, 11) is 3.81. The van der Waals surface area contributed by atoms with Gasteiger partial charge in [0.1, 0.15) is 13.2 Å². The van der Waals surface area contributed by atoms with E-state index in [1.807, 2.05) is 39.8 Å². The monoisotopic (exact) mass is 215 g/mol. The average molecular weight is 215 g/mol. The molecule has 88 valence electrons. The van der Waals surface area contributed by atoms with Gasteiger partial charge in [0.25, 0.3) is 0 Å².